The van der Waals surface area contributed by atoms with Gasteiger partial charge in [-0.1, -0.05) is 24.3 Å². The van der Waals surface area contributed by atoms with E-state index in [2.05, 4.69) is 15.0 Å². The van der Waals surface area contributed by atoms with Crippen molar-refractivity contribution in [1.82, 2.24) is 4.72 Å². The zero-order valence-corrected chi connectivity index (χ0v) is 18.3. The van der Waals surface area contributed by atoms with Gasteiger partial charge in [0.1, 0.15) is 23.9 Å². The highest BCUT2D eigenvalue weighted by Gasteiger charge is 2.30. The van der Waals surface area contributed by atoms with Crippen LogP contribution in [0.3, 0.4) is 0 Å². The van der Waals surface area contributed by atoms with Gasteiger partial charge in [-0.3, -0.25) is 14.5 Å². The number of methoxy groups -OCH3 is 2. The molecule has 4 rings (SSSR count). The molecule has 3 aromatic rings. The zero-order chi connectivity index (χ0) is 22.7. The Kier molecular flexibility index (Phi) is 5.83. The third-order valence-corrected chi connectivity index (χ3v) is 6.32. The lowest BCUT2D eigenvalue weighted by Gasteiger charge is -2.12. The Morgan fingerprint density at radius 3 is 2.44 bits per heavy atom. The van der Waals surface area contributed by atoms with Gasteiger partial charge in [0.2, 0.25) is 5.91 Å². The summed E-state index contributed by atoms with van der Waals surface area (Å²) in [6, 6.07) is 19.3. The average Bonchev–Trinajstić information content (AvgIpc) is 3.08. The van der Waals surface area contributed by atoms with Crippen LogP contribution in [0.1, 0.15) is 5.56 Å². The maximum Gasteiger partial charge on any atom is 0.263 e. The van der Waals surface area contributed by atoms with Crippen molar-refractivity contribution in [1.29, 1.82) is 0 Å². The third kappa shape index (κ3) is 4.28. The van der Waals surface area contributed by atoms with E-state index in [4.69, 9.17) is 9.47 Å². The molecule has 0 radical (unpaired) electrons. The molecular weight excluding hydrogens is 430 g/mol. The topological polar surface area (TPSA) is 106 Å². The minimum Gasteiger partial charge on any atom is -0.497 e. The van der Waals surface area contributed by atoms with Gasteiger partial charge in [0.05, 0.1) is 19.1 Å². The van der Waals surface area contributed by atoms with Crippen LogP contribution in [0.2, 0.25) is 0 Å². The number of rotatable bonds is 6. The van der Waals surface area contributed by atoms with E-state index in [0.29, 0.717) is 17.0 Å². The standard InChI is InChI=1S/C23H21N3O5S/c1-30-17-10-7-15(8-11-17)19-13-16(9-12-20(19)31-2)25-22(27)14-24-23-18-5-3-4-6-21(18)32(28,29)26-23/h3-13H,14H2,1-2H3,(H,24,26)(H,25,27). The van der Waals surface area contributed by atoms with Crippen LogP contribution in [0.15, 0.2) is 76.6 Å². The van der Waals surface area contributed by atoms with Crippen LogP contribution in [0.4, 0.5) is 5.69 Å². The predicted octanol–water partition coefficient (Wildman–Crippen LogP) is 3.05. The van der Waals surface area contributed by atoms with Gasteiger partial charge in [-0.25, -0.2) is 8.42 Å². The molecule has 32 heavy (non-hydrogen) atoms. The van der Waals surface area contributed by atoms with Gasteiger partial charge in [0, 0.05) is 16.8 Å². The number of carbonyl (C=O) groups is 1. The van der Waals surface area contributed by atoms with E-state index in [1.165, 1.54) is 6.07 Å². The predicted molar refractivity (Wildman–Crippen MR) is 122 cm³/mol. The summed E-state index contributed by atoms with van der Waals surface area (Å²) in [7, 11) is -0.464. The molecule has 0 fully saturated rings. The number of hydrogen-bond acceptors (Lipinski definition) is 6. The Morgan fingerprint density at radius 1 is 0.969 bits per heavy atom. The summed E-state index contributed by atoms with van der Waals surface area (Å²) in [5.41, 5.74) is 2.72. The Labute approximate surface area is 186 Å². The van der Waals surface area contributed by atoms with Crippen LogP contribution in [0, 0.1) is 0 Å². The molecule has 0 aromatic heterocycles. The van der Waals surface area contributed by atoms with Gasteiger partial charge in [-0.2, -0.15) is 0 Å². The van der Waals surface area contributed by atoms with Gasteiger partial charge >= 0.3 is 0 Å². The second kappa shape index (κ2) is 8.72. The van der Waals surface area contributed by atoms with Crippen molar-refractivity contribution < 1.29 is 22.7 Å². The molecule has 8 nitrogen and oxygen atoms in total. The largest absolute Gasteiger partial charge is 0.497 e. The summed E-state index contributed by atoms with van der Waals surface area (Å²) in [5.74, 6) is 1.17. The Bertz CT molecular complexity index is 1300. The molecule has 0 atom stereocenters. The third-order valence-electron chi connectivity index (χ3n) is 4.93. The fraction of sp³-hybridized carbons (Fsp3) is 0.130. The van der Waals surface area contributed by atoms with Crippen molar-refractivity contribution in [3.8, 4) is 22.6 Å². The monoisotopic (exact) mass is 451 g/mol. The van der Waals surface area contributed by atoms with Crippen LogP contribution in [0.25, 0.3) is 11.1 Å². The summed E-state index contributed by atoms with van der Waals surface area (Å²) in [4.78, 5) is 16.8. The number of nitrogens with zero attached hydrogens (tertiary/aromatic N) is 1. The first kappa shape index (κ1) is 21.4. The fourth-order valence-electron chi connectivity index (χ4n) is 3.38. The molecule has 0 saturated carbocycles. The van der Waals surface area contributed by atoms with Crippen molar-refractivity contribution in [3.05, 3.63) is 72.3 Å². The number of nitrogens with one attached hydrogen (secondary N) is 2. The number of aliphatic imine (C=N–C) groups is 1. The van der Waals surface area contributed by atoms with E-state index in [9.17, 15) is 13.2 Å². The van der Waals surface area contributed by atoms with Crippen molar-refractivity contribution in [3.63, 3.8) is 0 Å². The highest BCUT2D eigenvalue weighted by molar-refractivity contribution is 7.90. The molecule has 0 spiro atoms. The maximum absolute atomic E-state index is 12.5. The van der Waals surface area contributed by atoms with Gasteiger partial charge in [0.15, 0.2) is 0 Å². The molecule has 9 heteroatoms. The smallest absolute Gasteiger partial charge is 0.263 e. The summed E-state index contributed by atoms with van der Waals surface area (Å²) < 4.78 is 37.4. The summed E-state index contributed by atoms with van der Waals surface area (Å²) in [6.07, 6.45) is 0. The van der Waals surface area contributed by atoms with Crippen LogP contribution in [-0.4, -0.2) is 40.9 Å². The van der Waals surface area contributed by atoms with E-state index in [-0.39, 0.29) is 23.2 Å². The van der Waals surface area contributed by atoms with E-state index in [1.807, 2.05) is 24.3 Å². The number of amidine groups is 1. The van der Waals surface area contributed by atoms with Crippen molar-refractivity contribution >= 4 is 27.5 Å². The minimum atomic E-state index is -3.65. The normalized spacial score (nSPS) is 15.0. The average molecular weight is 452 g/mol. The molecule has 1 amide bonds. The number of benzene rings is 3. The second-order valence-corrected chi connectivity index (χ2v) is 8.61. The highest BCUT2D eigenvalue weighted by atomic mass is 32.2. The molecule has 1 heterocycles. The summed E-state index contributed by atoms with van der Waals surface area (Å²) in [5, 5.41) is 2.79. The second-order valence-electron chi connectivity index (χ2n) is 6.96. The highest BCUT2D eigenvalue weighted by Crippen LogP contribution is 2.33. The summed E-state index contributed by atoms with van der Waals surface area (Å²) >= 11 is 0. The quantitative estimate of drug-likeness (QED) is 0.599. The van der Waals surface area contributed by atoms with Gasteiger partial charge < -0.3 is 14.8 Å². The lowest BCUT2D eigenvalue weighted by atomic mass is 10.0. The molecule has 1 aliphatic rings. The van der Waals surface area contributed by atoms with Crippen molar-refractivity contribution in [2.24, 2.45) is 4.99 Å². The van der Waals surface area contributed by atoms with E-state index < -0.39 is 10.0 Å². The first-order valence-corrected chi connectivity index (χ1v) is 11.2. The van der Waals surface area contributed by atoms with Crippen LogP contribution in [-0.2, 0) is 14.8 Å². The number of fused-ring (bicyclic) bond motifs is 1. The number of amides is 1. The molecule has 2 N–H and O–H groups in total. The minimum absolute atomic E-state index is 0.151. The molecule has 0 bridgehead atoms. The first-order valence-electron chi connectivity index (χ1n) is 9.70. The van der Waals surface area contributed by atoms with Crippen LogP contribution >= 0.6 is 0 Å². The van der Waals surface area contributed by atoms with Gasteiger partial charge in [-0.05, 0) is 48.0 Å². The van der Waals surface area contributed by atoms with E-state index in [0.717, 1.165) is 16.9 Å². The Balaban J connectivity index is 1.52. The molecular formula is C23H21N3O5S. The lowest BCUT2D eigenvalue weighted by Crippen LogP contribution is -2.24. The first-order chi connectivity index (χ1) is 15.4. The number of anilines is 1. The van der Waals surface area contributed by atoms with Gasteiger partial charge in [-0.15, -0.1) is 0 Å². The molecule has 164 valence electrons. The zero-order valence-electron chi connectivity index (χ0n) is 17.5. The number of sulfonamides is 1. The molecule has 0 saturated heterocycles. The number of ether oxygens (including phenoxy) is 2. The Morgan fingerprint density at radius 2 is 1.72 bits per heavy atom. The lowest BCUT2D eigenvalue weighted by molar-refractivity contribution is -0.114. The van der Waals surface area contributed by atoms with E-state index in [1.54, 1.807) is 50.6 Å². The fourth-order valence-corrected chi connectivity index (χ4v) is 4.64. The number of carbonyl (C=O) groups excluding carboxylic acids is 1. The van der Waals surface area contributed by atoms with E-state index >= 15 is 0 Å². The maximum atomic E-state index is 12.5. The molecule has 1 aliphatic heterocycles. The van der Waals surface area contributed by atoms with Crippen LogP contribution in [0.5, 0.6) is 11.5 Å². The summed E-state index contributed by atoms with van der Waals surface area (Å²) in [6.45, 7) is -0.240. The van der Waals surface area contributed by atoms with Crippen molar-refractivity contribution in [2.75, 3.05) is 26.1 Å². The molecule has 0 unspecified atom stereocenters. The molecule has 0 aliphatic carbocycles. The Hall–Kier alpha value is -3.85. The van der Waals surface area contributed by atoms with Crippen LogP contribution < -0.4 is 19.5 Å². The SMILES string of the molecule is COc1ccc(-c2cc(NC(=O)CN=C3NS(=O)(=O)c4ccccc43)ccc2OC)cc1. The molecule has 3 aromatic carbocycles. The van der Waals surface area contributed by atoms with Gasteiger partial charge in [0.25, 0.3) is 10.0 Å². The number of hydrogen-bond donors (Lipinski definition) is 2. The van der Waals surface area contributed by atoms with Crippen molar-refractivity contribution in [2.45, 2.75) is 4.90 Å².